The first kappa shape index (κ1) is 19.9. The molecule has 2 rings (SSSR count). The van der Waals surface area contributed by atoms with Crippen LogP contribution < -0.4 is 10.9 Å². The summed E-state index contributed by atoms with van der Waals surface area (Å²) in [7, 11) is 0. The molecule has 1 heterocycles. The molecule has 0 unspecified atom stereocenters. The quantitative estimate of drug-likeness (QED) is 0.442. The Morgan fingerprint density at radius 1 is 1.04 bits per heavy atom. The summed E-state index contributed by atoms with van der Waals surface area (Å²) in [5.74, 6) is 0.215. The number of thioether (sulfide) groups is 1. The van der Waals surface area contributed by atoms with Crippen molar-refractivity contribution in [2.75, 3.05) is 0 Å². The van der Waals surface area contributed by atoms with E-state index in [1.807, 2.05) is 39.0 Å². The number of nitrogens with one attached hydrogen (secondary N) is 2. The van der Waals surface area contributed by atoms with Gasteiger partial charge < -0.3 is 0 Å². The molecule has 2 aromatic rings. The average molecular weight is 372 g/mol. The Morgan fingerprint density at radius 3 is 2.31 bits per heavy atom. The number of aryl methyl sites for hydroxylation is 2. The van der Waals surface area contributed by atoms with Crippen LogP contribution >= 0.6 is 11.8 Å². The number of hydrogen-bond acceptors (Lipinski definition) is 5. The molecule has 26 heavy (non-hydrogen) atoms. The summed E-state index contributed by atoms with van der Waals surface area (Å²) in [6.07, 6.45) is 2.15. The predicted molar refractivity (Wildman–Crippen MR) is 103 cm³/mol. The van der Waals surface area contributed by atoms with E-state index in [9.17, 15) is 9.59 Å². The van der Waals surface area contributed by atoms with Crippen LogP contribution in [-0.4, -0.2) is 21.8 Å². The van der Waals surface area contributed by atoms with Crippen LogP contribution in [0.15, 0.2) is 35.5 Å². The predicted octanol–water partition coefficient (Wildman–Crippen LogP) is 3.34. The highest BCUT2D eigenvalue weighted by molar-refractivity contribution is 7.98. The van der Waals surface area contributed by atoms with Crippen molar-refractivity contribution in [1.82, 2.24) is 20.8 Å². The molecule has 0 spiro atoms. The molecule has 0 saturated heterocycles. The minimum Gasteiger partial charge on any atom is -0.273 e. The molecule has 138 valence electrons. The normalized spacial score (nSPS) is 10.4. The zero-order valence-corrected chi connectivity index (χ0v) is 16.2. The number of rotatable bonds is 7. The van der Waals surface area contributed by atoms with E-state index in [0.29, 0.717) is 12.0 Å². The Kier molecular flexibility index (Phi) is 7.59. The molecule has 7 heteroatoms. The molecule has 0 aliphatic carbocycles. The molecule has 6 nitrogen and oxygen atoms in total. The first-order valence-electron chi connectivity index (χ1n) is 8.61. The van der Waals surface area contributed by atoms with E-state index in [4.69, 9.17) is 0 Å². The number of nitrogens with zero attached hydrogens (tertiary/aromatic N) is 2. The first-order valence-corrected chi connectivity index (χ1v) is 9.59. The molecule has 0 fully saturated rings. The smallest absolute Gasteiger partial charge is 0.269 e. The number of carbonyl (C=O) groups excluding carboxylic acids is 2. The lowest BCUT2D eigenvalue weighted by Gasteiger charge is -2.08. The van der Waals surface area contributed by atoms with Crippen molar-refractivity contribution in [3.8, 4) is 0 Å². The summed E-state index contributed by atoms with van der Waals surface area (Å²) in [6.45, 7) is 5.91. The molecule has 2 N–H and O–H groups in total. The number of carbonyl (C=O) groups is 2. The van der Waals surface area contributed by atoms with Gasteiger partial charge in [-0.1, -0.05) is 37.2 Å². The lowest BCUT2D eigenvalue weighted by atomic mass is 10.1. The van der Waals surface area contributed by atoms with Gasteiger partial charge in [-0.25, -0.2) is 9.97 Å². The summed E-state index contributed by atoms with van der Waals surface area (Å²) in [4.78, 5) is 32.4. The number of amides is 2. The summed E-state index contributed by atoms with van der Waals surface area (Å²) in [6, 6.07) is 9.21. The highest BCUT2D eigenvalue weighted by Gasteiger charge is 2.08. The van der Waals surface area contributed by atoms with Crippen LogP contribution in [0.4, 0.5) is 0 Å². The second-order valence-electron chi connectivity index (χ2n) is 6.02. The van der Waals surface area contributed by atoms with E-state index < -0.39 is 0 Å². The fourth-order valence-electron chi connectivity index (χ4n) is 2.26. The zero-order chi connectivity index (χ0) is 18.9. The van der Waals surface area contributed by atoms with Gasteiger partial charge in [0.1, 0.15) is 0 Å². The van der Waals surface area contributed by atoms with E-state index in [-0.39, 0.29) is 11.8 Å². The third-order valence-corrected chi connectivity index (χ3v) is 4.54. The van der Waals surface area contributed by atoms with Crippen LogP contribution in [0, 0.1) is 13.8 Å². The van der Waals surface area contributed by atoms with Gasteiger partial charge in [-0.15, -0.1) is 0 Å². The van der Waals surface area contributed by atoms with Crippen LogP contribution in [0.2, 0.25) is 0 Å². The monoisotopic (exact) mass is 372 g/mol. The van der Waals surface area contributed by atoms with Gasteiger partial charge in [0.2, 0.25) is 5.91 Å². The fraction of sp³-hybridized carbons (Fsp3) is 0.368. The summed E-state index contributed by atoms with van der Waals surface area (Å²) in [5.41, 5.74) is 8.33. The van der Waals surface area contributed by atoms with E-state index in [1.165, 1.54) is 0 Å². The molecule has 0 atom stereocenters. The Bertz CT molecular complexity index is 742. The molecule has 0 aliphatic heterocycles. The highest BCUT2D eigenvalue weighted by atomic mass is 32.2. The number of aromatic nitrogens is 2. The maximum Gasteiger partial charge on any atom is 0.269 e. The van der Waals surface area contributed by atoms with Crippen molar-refractivity contribution in [3.63, 3.8) is 0 Å². The molecule has 0 bridgehead atoms. The van der Waals surface area contributed by atoms with Gasteiger partial charge in [0.05, 0.1) is 0 Å². The highest BCUT2D eigenvalue weighted by Crippen LogP contribution is 2.20. The Labute approximate surface area is 158 Å². The maximum absolute atomic E-state index is 12.0. The van der Waals surface area contributed by atoms with Crippen LogP contribution in [0.25, 0.3) is 0 Å². The molecule has 0 radical (unpaired) electrons. The lowest BCUT2D eigenvalue weighted by Crippen LogP contribution is -2.41. The van der Waals surface area contributed by atoms with E-state index in [1.54, 1.807) is 23.9 Å². The van der Waals surface area contributed by atoms with Gasteiger partial charge in [0.15, 0.2) is 5.16 Å². The van der Waals surface area contributed by atoms with Crippen molar-refractivity contribution < 1.29 is 9.59 Å². The van der Waals surface area contributed by atoms with E-state index in [0.717, 1.165) is 40.7 Å². The van der Waals surface area contributed by atoms with E-state index >= 15 is 0 Å². The summed E-state index contributed by atoms with van der Waals surface area (Å²) in [5, 5.41) is 0.749. The minimum absolute atomic E-state index is 0.179. The van der Waals surface area contributed by atoms with Gasteiger partial charge >= 0.3 is 0 Å². The van der Waals surface area contributed by atoms with Gasteiger partial charge in [0.25, 0.3) is 5.91 Å². The third-order valence-electron chi connectivity index (χ3n) is 3.62. The van der Waals surface area contributed by atoms with Crippen LogP contribution in [0.1, 0.15) is 53.5 Å². The minimum atomic E-state index is -0.327. The zero-order valence-electron chi connectivity index (χ0n) is 15.3. The second kappa shape index (κ2) is 9.91. The molecular weight excluding hydrogens is 348 g/mol. The molecule has 1 aromatic carbocycles. The Balaban J connectivity index is 1.85. The standard InChI is InChI=1S/C19H24N4O2S/c1-4-5-6-17(24)22-23-18(25)16-9-7-15(8-10-16)12-26-19-20-13(2)11-14(3)21-19/h7-11H,4-6,12H2,1-3H3,(H,22,24)(H,23,25). The molecular formula is C19H24N4O2S. The molecule has 0 aliphatic rings. The van der Waals surface area contributed by atoms with Crippen molar-refractivity contribution >= 4 is 23.6 Å². The maximum atomic E-state index is 12.0. The Morgan fingerprint density at radius 2 is 1.69 bits per heavy atom. The summed E-state index contributed by atoms with van der Waals surface area (Å²) < 4.78 is 0. The molecule has 1 aromatic heterocycles. The largest absolute Gasteiger partial charge is 0.273 e. The molecule has 2 amide bonds. The fourth-order valence-corrected chi connectivity index (χ4v) is 3.16. The van der Waals surface area contributed by atoms with Gasteiger partial charge in [-0.05, 0) is 44.0 Å². The second-order valence-corrected chi connectivity index (χ2v) is 6.97. The van der Waals surface area contributed by atoms with Crippen molar-refractivity contribution in [2.45, 2.75) is 50.9 Å². The van der Waals surface area contributed by atoms with Crippen molar-refractivity contribution in [1.29, 1.82) is 0 Å². The third kappa shape index (κ3) is 6.48. The number of hydrazine groups is 1. The SMILES string of the molecule is CCCCC(=O)NNC(=O)c1ccc(CSc2nc(C)cc(C)n2)cc1. The average Bonchev–Trinajstić information content (AvgIpc) is 2.62. The summed E-state index contributed by atoms with van der Waals surface area (Å²) >= 11 is 1.56. The van der Waals surface area contributed by atoms with E-state index in [2.05, 4.69) is 20.8 Å². The lowest BCUT2D eigenvalue weighted by molar-refractivity contribution is -0.121. The van der Waals surface area contributed by atoms with Gasteiger partial charge in [0, 0.05) is 29.1 Å². The van der Waals surface area contributed by atoms with Gasteiger partial charge in [-0.2, -0.15) is 0 Å². The number of unbranched alkanes of at least 4 members (excludes halogenated alkanes) is 1. The Hall–Kier alpha value is -2.41. The topological polar surface area (TPSA) is 84.0 Å². The molecule has 0 saturated carbocycles. The van der Waals surface area contributed by atoms with Crippen molar-refractivity contribution in [3.05, 3.63) is 52.8 Å². The number of benzene rings is 1. The van der Waals surface area contributed by atoms with Gasteiger partial charge in [-0.3, -0.25) is 20.4 Å². The van der Waals surface area contributed by atoms with Crippen molar-refractivity contribution in [2.24, 2.45) is 0 Å². The van der Waals surface area contributed by atoms with Crippen LogP contribution in [0.3, 0.4) is 0 Å². The van der Waals surface area contributed by atoms with Crippen LogP contribution in [-0.2, 0) is 10.5 Å². The number of hydrogen-bond donors (Lipinski definition) is 2. The van der Waals surface area contributed by atoms with Crippen LogP contribution in [0.5, 0.6) is 0 Å². The first-order chi connectivity index (χ1) is 12.5.